The van der Waals surface area contributed by atoms with Gasteiger partial charge in [-0.2, -0.15) is 9.77 Å². The molecule has 0 aliphatic rings. The van der Waals surface area contributed by atoms with E-state index in [9.17, 15) is 26.8 Å². The van der Waals surface area contributed by atoms with Crippen LogP contribution in [-0.4, -0.2) is 34.1 Å². The average Bonchev–Trinajstić information content (AvgIpc) is 2.95. The van der Waals surface area contributed by atoms with Crippen molar-refractivity contribution in [1.82, 2.24) is 19.4 Å². The van der Waals surface area contributed by atoms with Crippen molar-refractivity contribution in [3.8, 4) is 11.3 Å². The minimum Gasteiger partial charge on any atom is -0.305 e. The van der Waals surface area contributed by atoms with Crippen LogP contribution in [0.3, 0.4) is 0 Å². The number of sulfonamides is 1. The molecule has 12 heteroatoms. The second-order valence-corrected chi connectivity index (χ2v) is 7.29. The van der Waals surface area contributed by atoms with E-state index in [2.05, 4.69) is 10.1 Å². The van der Waals surface area contributed by atoms with Crippen LogP contribution in [0.1, 0.15) is 12.0 Å². The van der Waals surface area contributed by atoms with Gasteiger partial charge in [-0.05, 0) is 18.2 Å². The Kier molecular flexibility index (Phi) is 4.14. The molecule has 138 valence electrons. The molecule has 1 aromatic carbocycles. The van der Waals surface area contributed by atoms with Crippen molar-refractivity contribution in [3.05, 3.63) is 50.8 Å². The summed E-state index contributed by atoms with van der Waals surface area (Å²) in [6.45, 7) is 0. The van der Waals surface area contributed by atoms with Crippen molar-refractivity contribution < 1.29 is 17.2 Å². The summed E-state index contributed by atoms with van der Waals surface area (Å²) in [6.07, 6.45) is -0.695. The van der Waals surface area contributed by atoms with Gasteiger partial charge in [-0.3, -0.25) is 9.48 Å². The SMILES string of the molecule is Cn1nccc1-c1cc2c(=O)n(NS(C)(=O)=O)c(=O)[nH]c2cc1C(F)F. The Morgan fingerprint density at radius 3 is 2.50 bits per heavy atom. The fourth-order valence-corrected chi connectivity index (χ4v) is 3.07. The van der Waals surface area contributed by atoms with E-state index >= 15 is 0 Å². The highest BCUT2D eigenvalue weighted by atomic mass is 32.2. The first-order valence-electron chi connectivity index (χ1n) is 7.16. The molecule has 0 radical (unpaired) electrons. The summed E-state index contributed by atoms with van der Waals surface area (Å²) in [6, 6.07) is 3.66. The maximum Gasteiger partial charge on any atom is 0.348 e. The second kappa shape index (κ2) is 6.05. The molecule has 2 heterocycles. The molecule has 26 heavy (non-hydrogen) atoms. The number of H-pyrrole nitrogens is 1. The smallest absolute Gasteiger partial charge is 0.305 e. The number of alkyl halides is 2. The van der Waals surface area contributed by atoms with Gasteiger partial charge in [-0.25, -0.2) is 26.8 Å². The first-order valence-corrected chi connectivity index (χ1v) is 9.05. The van der Waals surface area contributed by atoms with Crippen molar-refractivity contribution in [2.75, 3.05) is 11.1 Å². The summed E-state index contributed by atoms with van der Waals surface area (Å²) in [5, 5.41) is 3.78. The van der Waals surface area contributed by atoms with Crippen molar-refractivity contribution in [2.24, 2.45) is 7.05 Å². The highest BCUT2D eigenvalue weighted by Crippen LogP contribution is 2.32. The van der Waals surface area contributed by atoms with Gasteiger partial charge in [0.25, 0.3) is 12.0 Å². The number of nitrogens with zero attached hydrogens (tertiary/aromatic N) is 3. The zero-order chi connectivity index (χ0) is 19.2. The number of hydrogen-bond acceptors (Lipinski definition) is 5. The quantitative estimate of drug-likeness (QED) is 0.679. The second-order valence-electron chi connectivity index (χ2n) is 5.56. The van der Waals surface area contributed by atoms with E-state index in [1.165, 1.54) is 23.0 Å². The standard InChI is InChI=1S/C14H13F2N5O4S/c1-20-11(3-4-17-20)7-5-9-10(6-8(7)12(15)16)18-14(23)21(13(9)22)19-26(2,24)25/h3-6,12,19H,1-2H3,(H,18,23). The van der Waals surface area contributed by atoms with E-state index in [1.807, 2.05) is 0 Å². The Bertz CT molecular complexity index is 1230. The molecule has 2 aromatic heterocycles. The lowest BCUT2D eigenvalue weighted by Gasteiger charge is -2.12. The normalized spacial score (nSPS) is 12.0. The van der Waals surface area contributed by atoms with Crippen LogP contribution in [0, 0.1) is 0 Å². The third-order valence-electron chi connectivity index (χ3n) is 3.66. The summed E-state index contributed by atoms with van der Waals surface area (Å²) in [5.41, 5.74) is -2.24. The van der Waals surface area contributed by atoms with Crippen LogP contribution < -0.4 is 16.1 Å². The van der Waals surface area contributed by atoms with Crippen LogP contribution in [0.2, 0.25) is 0 Å². The number of rotatable bonds is 4. The van der Waals surface area contributed by atoms with Gasteiger partial charge in [0.2, 0.25) is 10.0 Å². The molecule has 0 saturated heterocycles. The number of aromatic amines is 1. The molecule has 3 rings (SSSR count). The molecule has 0 fully saturated rings. The van der Waals surface area contributed by atoms with Gasteiger partial charge in [0.1, 0.15) is 0 Å². The fourth-order valence-electron chi connectivity index (χ4n) is 2.57. The predicted octanol–water partition coefficient (Wildman–Crippen LogP) is 0.531. The zero-order valence-corrected chi connectivity index (χ0v) is 14.3. The summed E-state index contributed by atoms with van der Waals surface area (Å²) < 4.78 is 51.3. The monoisotopic (exact) mass is 385 g/mol. The minimum atomic E-state index is -3.91. The molecule has 0 spiro atoms. The summed E-state index contributed by atoms with van der Waals surface area (Å²) in [7, 11) is -2.37. The Labute approximate surface area is 144 Å². The molecular formula is C14H13F2N5O4S. The van der Waals surface area contributed by atoms with Gasteiger partial charge >= 0.3 is 5.69 Å². The number of aromatic nitrogens is 4. The molecule has 0 atom stereocenters. The number of aryl methyl sites for hydroxylation is 1. The fraction of sp³-hybridized carbons (Fsp3) is 0.214. The van der Waals surface area contributed by atoms with Gasteiger partial charge in [0.05, 0.1) is 22.9 Å². The van der Waals surface area contributed by atoms with Gasteiger partial charge in [0.15, 0.2) is 0 Å². The molecule has 0 saturated carbocycles. The largest absolute Gasteiger partial charge is 0.348 e. The van der Waals surface area contributed by atoms with Crippen molar-refractivity contribution >= 4 is 20.9 Å². The Morgan fingerprint density at radius 1 is 1.27 bits per heavy atom. The molecule has 2 N–H and O–H groups in total. The van der Waals surface area contributed by atoms with Gasteiger partial charge in [0, 0.05) is 24.4 Å². The highest BCUT2D eigenvalue weighted by Gasteiger charge is 2.20. The third kappa shape index (κ3) is 3.10. The number of hydrogen-bond donors (Lipinski definition) is 2. The van der Waals surface area contributed by atoms with E-state index in [4.69, 9.17) is 0 Å². The molecule has 0 amide bonds. The third-order valence-corrected chi connectivity index (χ3v) is 4.17. The van der Waals surface area contributed by atoms with Crippen LogP contribution >= 0.6 is 0 Å². The van der Waals surface area contributed by atoms with Crippen LogP contribution in [-0.2, 0) is 17.1 Å². The first kappa shape index (κ1) is 17.8. The lowest BCUT2D eigenvalue weighted by Crippen LogP contribution is -2.43. The lowest BCUT2D eigenvalue weighted by molar-refractivity contribution is 0.152. The van der Waals surface area contributed by atoms with Gasteiger partial charge in [-0.1, -0.05) is 0 Å². The van der Waals surface area contributed by atoms with Crippen LogP contribution in [0.4, 0.5) is 8.78 Å². The maximum absolute atomic E-state index is 13.5. The highest BCUT2D eigenvalue weighted by molar-refractivity contribution is 7.91. The number of halogens is 2. The van der Waals surface area contributed by atoms with E-state index < -0.39 is 33.3 Å². The number of nitrogens with one attached hydrogen (secondary N) is 2. The molecule has 0 aliphatic carbocycles. The van der Waals surface area contributed by atoms with E-state index in [-0.39, 0.29) is 21.1 Å². The van der Waals surface area contributed by atoms with Crippen molar-refractivity contribution in [2.45, 2.75) is 6.43 Å². The van der Waals surface area contributed by atoms with E-state index in [1.54, 1.807) is 11.9 Å². The van der Waals surface area contributed by atoms with Crippen molar-refractivity contribution in [3.63, 3.8) is 0 Å². The molecule has 0 unspecified atom stereocenters. The van der Waals surface area contributed by atoms with E-state index in [0.29, 0.717) is 5.69 Å². The topological polar surface area (TPSA) is 119 Å². The van der Waals surface area contributed by atoms with E-state index in [0.717, 1.165) is 12.3 Å². The predicted molar refractivity (Wildman–Crippen MR) is 90.2 cm³/mol. The Hall–Kier alpha value is -3.02. The van der Waals surface area contributed by atoms with Crippen LogP contribution in [0.5, 0.6) is 0 Å². The molecule has 9 nitrogen and oxygen atoms in total. The summed E-state index contributed by atoms with van der Waals surface area (Å²) in [5.74, 6) is 0. The van der Waals surface area contributed by atoms with Gasteiger partial charge in [-0.15, -0.1) is 0 Å². The summed E-state index contributed by atoms with van der Waals surface area (Å²) >= 11 is 0. The Balaban J connectivity index is 2.39. The summed E-state index contributed by atoms with van der Waals surface area (Å²) in [4.78, 5) is 28.5. The van der Waals surface area contributed by atoms with Crippen LogP contribution in [0.25, 0.3) is 22.2 Å². The van der Waals surface area contributed by atoms with Crippen LogP contribution in [0.15, 0.2) is 34.0 Å². The lowest BCUT2D eigenvalue weighted by atomic mass is 10.0. The van der Waals surface area contributed by atoms with Crippen molar-refractivity contribution in [1.29, 1.82) is 0 Å². The molecule has 0 bridgehead atoms. The zero-order valence-electron chi connectivity index (χ0n) is 13.5. The number of fused-ring (bicyclic) bond motifs is 1. The molecular weight excluding hydrogens is 372 g/mol. The minimum absolute atomic E-state index is 0.0440. The molecule has 0 aliphatic heterocycles. The molecule has 3 aromatic rings. The number of benzene rings is 1. The maximum atomic E-state index is 13.5. The average molecular weight is 385 g/mol. The first-order chi connectivity index (χ1) is 12.1. The van der Waals surface area contributed by atoms with Gasteiger partial charge < -0.3 is 4.98 Å². The Morgan fingerprint density at radius 2 is 1.96 bits per heavy atom.